The van der Waals surface area contributed by atoms with E-state index in [1.165, 1.54) is 0 Å². The third-order valence-corrected chi connectivity index (χ3v) is 2.81. The van der Waals surface area contributed by atoms with Crippen molar-refractivity contribution in [2.45, 2.75) is 6.92 Å². The first-order valence-corrected chi connectivity index (χ1v) is 5.31. The van der Waals surface area contributed by atoms with Crippen LogP contribution in [0.1, 0.15) is 5.56 Å². The number of pyridine rings is 1. The van der Waals surface area contributed by atoms with Gasteiger partial charge in [0.2, 0.25) is 0 Å². The van der Waals surface area contributed by atoms with Gasteiger partial charge in [-0.3, -0.25) is 0 Å². The molecule has 4 heteroatoms. The second-order valence-electron chi connectivity index (χ2n) is 3.36. The number of nitrogens with one attached hydrogen (secondary N) is 1. The van der Waals surface area contributed by atoms with Crippen molar-refractivity contribution in [2.24, 2.45) is 0 Å². The zero-order chi connectivity index (χ0) is 11.0. The lowest BCUT2D eigenvalue weighted by atomic mass is 10.1. The van der Waals surface area contributed by atoms with Crippen molar-refractivity contribution >= 4 is 39.9 Å². The molecule has 0 unspecified atom stereocenters. The summed E-state index contributed by atoms with van der Waals surface area (Å²) in [6.45, 7) is 1.99. The molecule has 1 N–H and O–H groups in total. The summed E-state index contributed by atoms with van der Waals surface area (Å²) < 4.78 is 0. The van der Waals surface area contributed by atoms with Gasteiger partial charge in [0.15, 0.2) is 0 Å². The molecule has 0 aliphatic carbocycles. The summed E-state index contributed by atoms with van der Waals surface area (Å²) in [5.74, 6) is 0.848. The minimum absolute atomic E-state index is 0.603. The van der Waals surface area contributed by atoms with Gasteiger partial charge in [0.05, 0.1) is 10.5 Å². The number of aromatic nitrogens is 1. The largest absolute Gasteiger partial charge is 0.373 e. The minimum Gasteiger partial charge on any atom is -0.373 e. The Morgan fingerprint density at radius 3 is 2.60 bits per heavy atom. The van der Waals surface area contributed by atoms with Crippen LogP contribution in [0.2, 0.25) is 10.0 Å². The molecule has 0 radical (unpaired) electrons. The predicted molar refractivity (Wildman–Crippen MR) is 66.0 cm³/mol. The molecular formula is C11H10Cl2N2. The molecule has 0 atom stereocenters. The van der Waals surface area contributed by atoms with Crippen molar-refractivity contribution in [3.05, 3.63) is 33.8 Å². The van der Waals surface area contributed by atoms with E-state index in [4.69, 9.17) is 23.2 Å². The first-order valence-electron chi connectivity index (χ1n) is 4.56. The fourth-order valence-corrected chi connectivity index (χ4v) is 2.09. The third-order valence-electron chi connectivity index (χ3n) is 2.28. The predicted octanol–water partition coefficient (Wildman–Crippen LogP) is 3.89. The summed E-state index contributed by atoms with van der Waals surface area (Å²) in [5.41, 5.74) is 1.87. The molecule has 0 fully saturated rings. The van der Waals surface area contributed by atoms with Gasteiger partial charge in [0.1, 0.15) is 5.82 Å². The van der Waals surface area contributed by atoms with Gasteiger partial charge in [-0.05, 0) is 30.7 Å². The highest BCUT2D eigenvalue weighted by molar-refractivity contribution is 6.38. The van der Waals surface area contributed by atoms with Crippen molar-refractivity contribution in [1.82, 2.24) is 4.98 Å². The summed E-state index contributed by atoms with van der Waals surface area (Å²) in [4.78, 5) is 4.43. The highest BCUT2D eigenvalue weighted by Gasteiger charge is 2.06. The Hall–Kier alpha value is -0.990. The fourth-order valence-electron chi connectivity index (χ4n) is 1.55. The fraction of sp³-hybridized carbons (Fsp3) is 0.182. The van der Waals surface area contributed by atoms with E-state index in [9.17, 15) is 0 Å². The van der Waals surface area contributed by atoms with E-state index in [0.717, 1.165) is 22.3 Å². The molecule has 0 saturated carbocycles. The smallest absolute Gasteiger partial charge is 0.129 e. The van der Waals surface area contributed by atoms with Crippen molar-refractivity contribution in [3.63, 3.8) is 0 Å². The van der Waals surface area contributed by atoms with Gasteiger partial charge in [-0.1, -0.05) is 23.2 Å². The van der Waals surface area contributed by atoms with Crippen LogP contribution in [0, 0.1) is 6.92 Å². The van der Waals surface area contributed by atoms with Gasteiger partial charge in [-0.15, -0.1) is 0 Å². The first-order chi connectivity index (χ1) is 7.11. The number of benzene rings is 1. The summed E-state index contributed by atoms with van der Waals surface area (Å²) >= 11 is 12.0. The van der Waals surface area contributed by atoms with Gasteiger partial charge >= 0.3 is 0 Å². The Morgan fingerprint density at radius 1 is 1.20 bits per heavy atom. The maximum absolute atomic E-state index is 6.08. The van der Waals surface area contributed by atoms with Gasteiger partial charge < -0.3 is 5.32 Å². The highest BCUT2D eigenvalue weighted by Crippen LogP contribution is 2.29. The molecule has 78 valence electrons. The van der Waals surface area contributed by atoms with Crippen molar-refractivity contribution in [2.75, 3.05) is 12.4 Å². The molecule has 2 nitrogen and oxygen atoms in total. The summed E-state index contributed by atoms with van der Waals surface area (Å²) in [6.07, 6.45) is 0. The molecule has 2 rings (SSSR count). The number of fused-ring (bicyclic) bond motifs is 1. The zero-order valence-electron chi connectivity index (χ0n) is 8.44. The number of hydrogen-bond donors (Lipinski definition) is 1. The molecular weight excluding hydrogens is 231 g/mol. The molecule has 0 aliphatic rings. The van der Waals surface area contributed by atoms with Crippen LogP contribution in [-0.2, 0) is 0 Å². The van der Waals surface area contributed by atoms with E-state index in [-0.39, 0.29) is 0 Å². The average Bonchev–Trinajstić information content (AvgIpc) is 2.18. The van der Waals surface area contributed by atoms with Gasteiger partial charge in [-0.2, -0.15) is 0 Å². The van der Waals surface area contributed by atoms with Crippen LogP contribution in [-0.4, -0.2) is 12.0 Å². The van der Waals surface area contributed by atoms with Crippen LogP contribution in [0.3, 0.4) is 0 Å². The van der Waals surface area contributed by atoms with E-state index >= 15 is 0 Å². The lowest BCUT2D eigenvalue weighted by Gasteiger charge is -2.07. The lowest BCUT2D eigenvalue weighted by Crippen LogP contribution is -1.96. The SMILES string of the molecule is CNc1nc2cc(Cl)cc(Cl)c2cc1C. The molecule has 0 spiro atoms. The van der Waals surface area contributed by atoms with Crippen LogP contribution in [0.5, 0.6) is 0 Å². The maximum Gasteiger partial charge on any atom is 0.129 e. The van der Waals surface area contributed by atoms with Gasteiger partial charge in [-0.25, -0.2) is 4.98 Å². The Balaban J connectivity index is 2.81. The molecule has 0 saturated heterocycles. The van der Waals surface area contributed by atoms with E-state index in [2.05, 4.69) is 10.3 Å². The van der Waals surface area contributed by atoms with Crippen molar-refractivity contribution in [3.8, 4) is 0 Å². The molecule has 2 aromatic rings. The molecule has 0 bridgehead atoms. The Bertz CT molecular complexity index is 523. The van der Waals surface area contributed by atoms with E-state index in [1.54, 1.807) is 6.07 Å². The summed E-state index contributed by atoms with van der Waals surface area (Å²) in [7, 11) is 1.84. The topological polar surface area (TPSA) is 24.9 Å². The van der Waals surface area contributed by atoms with Gasteiger partial charge in [0.25, 0.3) is 0 Å². The summed E-state index contributed by atoms with van der Waals surface area (Å²) in [6, 6.07) is 5.54. The number of nitrogens with zero attached hydrogens (tertiary/aromatic N) is 1. The molecule has 1 heterocycles. The Labute approximate surface area is 98.2 Å². The number of rotatable bonds is 1. The molecule has 1 aromatic carbocycles. The second kappa shape index (κ2) is 3.87. The monoisotopic (exact) mass is 240 g/mol. The lowest BCUT2D eigenvalue weighted by molar-refractivity contribution is 1.29. The Kier molecular flexibility index (Phi) is 2.72. The zero-order valence-corrected chi connectivity index (χ0v) is 9.95. The Morgan fingerprint density at radius 2 is 1.93 bits per heavy atom. The molecule has 0 aliphatic heterocycles. The third kappa shape index (κ3) is 1.87. The average molecular weight is 241 g/mol. The van der Waals surface area contributed by atoms with E-state index in [1.807, 2.05) is 26.1 Å². The number of anilines is 1. The van der Waals surface area contributed by atoms with E-state index < -0.39 is 0 Å². The van der Waals surface area contributed by atoms with Crippen LogP contribution < -0.4 is 5.32 Å². The normalized spacial score (nSPS) is 10.7. The number of hydrogen-bond acceptors (Lipinski definition) is 2. The van der Waals surface area contributed by atoms with Crippen LogP contribution in [0.4, 0.5) is 5.82 Å². The summed E-state index contributed by atoms with van der Waals surface area (Å²) in [5, 5.41) is 5.19. The second-order valence-corrected chi connectivity index (χ2v) is 4.20. The van der Waals surface area contributed by atoms with Crippen LogP contribution in [0.25, 0.3) is 10.9 Å². The molecule has 1 aromatic heterocycles. The number of halogens is 2. The standard InChI is InChI=1S/C11H10Cl2N2/c1-6-3-8-9(13)4-7(12)5-10(8)15-11(6)14-2/h3-5H,1-2H3,(H,14,15). The number of aryl methyl sites for hydroxylation is 1. The molecule has 0 amide bonds. The minimum atomic E-state index is 0.603. The van der Waals surface area contributed by atoms with Crippen molar-refractivity contribution in [1.29, 1.82) is 0 Å². The quantitative estimate of drug-likeness (QED) is 0.819. The highest BCUT2D eigenvalue weighted by atomic mass is 35.5. The van der Waals surface area contributed by atoms with E-state index in [0.29, 0.717) is 10.0 Å². The van der Waals surface area contributed by atoms with Crippen LogP contribution >= 0.6 is 23.2 Å². The van der Waals surface area contributed by atoms with Crippen molar-refractivity contribution < 1.29 is 0 Å². The van der Waals surface area contributed by atoms with Crippen LogP contribution in [0.15, 0.2) is 18.2 Å². The maximum atomic E-state index is 6.08. The first kappa shape index (κ1) is 10.5. The molecule has 15 heavy (non-hydrogen) atoms. The van der Waals surface area contributed by atoms with Gasteiger partial charge in [0, 0.05) is 17.5 Å².